The van der Waals surface area contributed by atoms with Gasteiger partial charge >= 0.3 is 0 Å². The molecule has 1 aliphatic rings. The summed E-state index contributed by atoms with van der Waals surface area (Å²) in [5.74, 6) is 1.00. The molecule has 0 saturated carbocycles. The number of hydrogen-bond donors (Lipinski definition) is 2. The van der Waals surface area contributed by atoms with Gasteiger partial charge in [0.15, 0.2) is 11.5 Å². The third-order valence-corrected chi connectivity index (χ3v) is 5.56. The summed E-state index contributed by atoms with van der Waals surface area (Å²) in [4.78, 5) is 15.0. The summed E-state index contributed by atoms with van der Waals surface area (Å²) in [5.41, 5.74) is 2.13. The molecule has 0 unspecified atom stereocenters. The average Bonchev–Trinajstić information content (AvgIpc) is 2.75. The minimum absolute atomic E-state index is 0.0126. The molecule has 1 aliphatic heterocycles. The van der Waals surface area contributed by atoms with Crippen LogP contribution in [0, 0.1) is 5.92 Å². The molecule has 1 amide bonds. The molecule has 1 saturated heterocycles. The van der Waals surface area contributed by atoms with Crippen molar-refractivity contribution in [1.29, 1.82) is 0 Å². The summed E-state index contributed by atoms with van der Waals surface area (Å²) in [6, 6.07) is 13.7. The molecule has 2 aromatic rings. The summed E-state index contributed by atoms with van der Waals surface area (Å²) in [6.45, 7) is 4.45. The molecule has 0 aromatic heterocycles. The molecule has 0 bridgehead atoms. The number of rotatable bonds is 7. The summed E-state index contributed by atoms with van der Waals surface area (Å²) in [5, 5.41) is 13.2. The monoisotopic (exact) mass is 398 g/mol. The zero-order chi connectivity index (χ0) is 20.8. The van der Waals surface area contributed by atoms with Gasteiger partial charge in [0, 0.05) is 12.5 Å². The van der Waals surface area contributed by atoms with Crippen LogP contribution in [0.3, 0.4) is 0 Å². The highest BCUT2D eigenvalue weighted by atomic mass is 16.5. The van der Waals surface area contributed by atoms with Crippen molar-refractivity contribution in [2.75, 3.05) is 27.3 Å². The predicted molar refractivity (Wildman–Crippen MR) is 112 cm³/mol. The van der Waals surface area contributed by atoms with E-state index in [2.05, 4.69) is 10.2 Å². The van der Waals surface area contributed by atoms with Crippen molar-refractivity contribution in [1.82, 2.24) is 10.2 Å². The number of benzene rings is 2. The molecule has 1 heterocycles. The van der Waals surface area contributed by atoms with E-state index in [0.717, 1.165) is 43.6 Å². The number of likely N-dealkylation sites (tertiary alicyclic amines) is 1. The first-order chi connectivity index (χ1) is 14.0. The molecular formula is C23H30N2O4. The Morgan fingerprint density at radius 3 is 2.28 bits per heavy atom. The second-order valence-electron chi connectivity index (χ2n) is 7.54. The Morgan fingerprint density at radius 1 is 1.14 bits per heavy atom. The first kappa shape index (κ1) is 21.0. The largest absolute Gasteiger partial charge is 0.502 e. The zero-order valence-electron chi connectivity index (χ0n) is 17.4. The normalized spacial score (nSPS) is 16.2. The maximum absolute atomic E-state index is 12.7. The van der Waals surface area contributed by atoms with Crippen molar-refractivity contribution in [3.63, 3.8) is 0 Å². The number of carbonyl (C=O) groups is 1. The fourth-order valence-electron chi connectivity index (χ4n) is 3.81. The molecule has 1 fully saturated rings. The van der Waals surface area contributed by atoms with Gasteiger partial charge in [-0.2, -0.15) is 0 Å². The van der Waals surface area contributed by atoms with E-state index < -0.39 is 0 Å². The van der Waals surface area contributed by atoms with Crippen LogP contribution in [0.5, 0.6) is 17.2 Å². The number of amides is 1. The van der Waals surface area contributed by atoms with E-state index in [1.807, 2.05) is 49.4 Å². The third-order valence-electron chi connectivity index (χ3n) is 5.56. The Balaban J connectivity index is 1.53. The van der Waals surface area contributed by atoms with Crippen LogP contribution >= 0.6 is 0 Å². The topological polar surface area (TPSA) is 71.0 Å². The minimum atomic E-state index is 0.0126. The van der Waals surface area contributed by atoms with Crippen molar-refractivity contribution in [3.05, 3.63) is 53.6 Å². The SMILES string of the molecule is COc1cc(CN2CCC(C(=O)N[C@H](C)c3ccccc3)CC2)cc(OC)c1O. The Morgan fingerprint density at radius 2 is 1.72 bits per heavy atom. The van der Waals surface area contributed by atoms with Gasteiger partial charge in [0.25, 0.3) is 0 Å². The lowest BCUT2D eigenvalue weighted by molar-refractivity contribution is -0.127. The Labute approximate surface area is 172 Å². The Bertz CT molecular complexity index is 792. The molecule has 156 valence electrons. The van der Waals surface area contributed by atoms with Gasteiger partial charge < -0.3 is 19.9 Å². The van der Waals surface area contributed by atoms with Gasteiger partial charge in [0.2, 0.25) is 11.7 Å². The zero-order valence-corrected chi connectivity index (χ0v) is 17.4. The van der Waals surface area contributed by atoms with Gasteiger partial charge in [0.05, 0.1) is 20.3 Å². The van der Waals surface area contributed by atoms with Gasteiger partial charge in [-0.1, -0.05) is 30.3 Å². The first-order valence-corrected chi connectivity index (χ1v) is 10.0. The van der Waals surface area contributed by atoms with Crippen molar-refractivity contribution >= 4 is 5.91 Å². The second kappa shape index (κ2) is 9.65. The average molecular weight is 399 g/mol. The predicted octanol–water partition coefficient (Wildman–Crippen LogP) is 3.50. The molecule has 29 heavy (non-hydrogen) atoms. The first-order valence-electron chi connectivity index (χ1n) is 10.0. The lowest BCUT2D eigenvalue weighted by Crippen LogP contribution is -2.40. The minimum Gasteiger partial charge on any atom is -0.502 e. The summed E-state index contributed by atoms with van der Waals surface area (Å²) >= 11 is 0. The highest BCUT2D eigenvalue weighted by molar-refractivity contribution is 5.79. The van der Waals surface area contributed by atoms with E-state index in [1.54, 1.807) is 0 Å². The maximum Gasteiger partial charge on any atom is 0.223 e. The van der Waals surface area contributed by atoms with Crippen molar-refractivity contribution in [2.24, 2.45) is 5.92 Å². The van der Waals surface area contributed by atoms with Crippen LogP contribution in [0.15, 0.2) is 42.5 Å². The molecule has 0 spiro atoms. The maximum atomic E-state index is 12.7. The summed E-state index contributed by atoms with van der Waals surface area (Å²) < 4.78 is 10.5. The highest BCUT2D eigenvalue weighted by Gasteiger charge is 2.26. The van der Waals surface area contributed by atoms with Crippen LogP contribution in [0.2, 0.25) is 0 Å². The van der Waals surface area contributed by atoms with E-state index in [-0.39, 0.29) is 23.6 Å². The van der Waals surface area contributed by atoms with Gasteiger partial charge in [-0.3, -0.25) is 9.69 Å². The number of nitrogens with one attached hydrogen (secondary N) is 1. The van der Waals surface area contributed by atoms with E-state index >= 15 is 0 Å². The van der Waals surface area contributed by atoms with E-state index in [4.69, 9.17) is 9.47 Å². The third kappa shape index (κ3) is 5.21. The fraction of sp³-hybridized carbons (Fsp3) is 0.435. The van der Waals surface area contributed by atoms with E-state index in [1.165, 1.54) is 14.2 Å². The number of phenols is 1. The molecule has 0 aliphatic carbocycles. The van der Waals surface area contributed by atoms with Crippen molar-refractivity contribution in [3.8, 4) is 17.2 Å². The highest BCUT2D eigenvalue weighted by Crippen LogP contribution is 2.37. The number of aromatic hydroxyl groups is 1. The fourth-order valence-corrected chi connectivity index (χ4v) is 3.81. The number of methoxy groups -OCH3 is 2. The smallest absolute Gasteiger partial charge is 0.223 e. The lowest BCUT2D eigenvalue weighted by atomic mass is 9.94. The lowest BCUT2D eigenvalue weighted by Gasteiger charge is -2.32. The van der Waals surface area contributed by atoms with E-state index in [9.17, 15) is 9.90 Å². The van der Waals surface area contributed by atoms with Crippen LogP contribution in [0.1, 0.15) is 36.9 Å². The standard InChI is InChI=1S/C23H30N2O4/c1-16(18-7-5-4-6-8-18)24-23(27)19-9-11-25(12-10-19)15-17-13-20(28-2)22(26)21(14-17)29-3/h4-8,13-14,16,19,26H,9-12,15H2,1-3H3,(H,24,27)/t16-/m1/s1. The Kier molecular flexibility index (Phi) is 6.99. The molecule has 1 atom stereocenters. The number of hydrogen-bond acceptors (Lipinski definition) is 5. The number of phenolic OH excluding ortho intramolecular Hbond substituents is 1. The van der Waals surface area contributed by atoms with E-state index in [0.29, 0.717) is 11.5 Å². The second-order valence-corrected chi connectivity index (χ2v) is 7.54. The van der Waals surface area contributed by atoms with Crippen LogP contribution < -0.4 is 14.8 Å². The van der Waals surface area contributed by atoms with Crippen LogP contribution in [-0.2, 0) is 11.3 Å². The van der Waals surface area contributed by atoms with Gasteiger partial charge in [0.1, 0.15) is 0 Å². The molecule has 3 rings (SSSR count). The molecule has 0 radical (unpaired) electrons. The van der Waals surface area contributed by atoms with Crippen LogP contribution in [0.25, 0.3) is 0 Å². The van der Waals surface area contributed by atoms with Crippen molar-refractivity contribution in [2.45, 2.75) is 32.4 Å². The van der Waals surface area contributed by atoms with Gasteiger partial charge in [-0.15, -0.1) is 0 Å². The molecular weight excluding hydrogens is 368 g/mol. The molecule has 6 nitrogen and oxygen atoms in total. The molecule has 2 aromatic carbocycles. The van der Waals surface area contributed by atoms with Crippen LogP contribution in [-0.4, -0.2) is 43.2 Å². The molecule has 2 N–H and O–H groups in total. The number of nitrogens with zero attached hydrogens (tertiary/aromatic N) is 1. The summed E-state index contributed by atoms with van der Waals surface area (Å²) in [6.07, 6.45) is 1.67. The molecule has 6 heteroatoms. The summed E-state index contributed by atoms with van der Waals surface area (Å²) in [7, 11) is 3.05. The quantitative estimate of drug-likeness (QED) is 0.747. The number of piperidine rings is 1. The van der Waals surface area contributed by atoms with Crippen LogP contribution in [0.4, 0.5) is 0 Å². The van der Waals surface area contributed by atoms with Gasteiger partial charge in [-0.25, -0.2) is 0 Å². The number of ether oxygens (including phenoxy) is 2. The van der Waals surface area contributed by atoms with Crippen molar-refractivity contribution < 1.29 is 19.4 Å². The van der Waals surface area contributed by atoms with Gasteiger partial charge in [-0.05, 0) is 56.1 Å². The number of carbonyl (C=O) groups excluding carboxylic acids is 1. The Hall–Kier alpha value is -2.73.